The topological polar surface area (TPSA) is 54.3 Å². The van der Waals surface area contributed by atoms with Gasteiger partial charge >= 0.3 is 0 Å². The molecule has 132 valence electrons. The van der Waals surface area contributed by atoms with Crippen molar-refractivity contribution in [2.75, 3.05) is 32.7 Å². The van der Waals surface area contributed by atoms with Gasteiger partial charge in [-0.25, -0.2) is 4.98 Å². The number of carbonyl (C=O) groups excluding carboxylic acids is 1. The minimum absolute atomic E-state index is 0.164. The monoisotopic (exact) mass is 339 g/mol. The fourth-order valence-electron chi connectivity index (χ4n) is 3.95. The van der Waals surface area contributed by atoms with Gasteiger partial charge in [0.1, 0.15) is 12.7 Å². The lowest BCUT2D eigenvalue weighted by Gasteiger charge is -2.37. The molecule has 1 aliphatic heterocycles. The van der Waals surface area contributed by atoms with E-state index in [1.165, 1.54) is 11.1 Å². The number of rotatable bonds is 4. The highest BCUT2D eigenvalue weighted by Crippen LogP contribution is 2.27. The van der Waals surface area contributed by atoms with Gasteiger partial charge < -0.3 is 4.90 Å². The minimum Gasteiger partial charge on any atom is -0.340 e. The lowest BCUT2D eigenvalue weighted by Crippen LogP contribution is -2.51. The average molecular weight is 339 g/mol. The van der Waals surface area contributed by atoms with Crippen LogP contribution in [0.5, 0.6) is 0 Å². The number of hydrogen-bond acceptors (Lipinski definition) is 4. The van der Waals surface area contributed by atoms with Crippen molar-refractivity contribution < 1.29 is 4.79 Å². The highest BCUT2D eigenvalue weighted by molar-refractivity contribution is 5.79. The Kier molecular flexibility index (Phi) is 4.78. The summed E-state index contributed by atoms with van der Waals surface area (Å²) in [6.45, 7) is 5.39. The predicted octanol–water partition coefficient (Wildman–Crippen LogP) is 1.23. The molecular weight excluding hydrogens is 314 g/mol. The van der Waals surface area contributed by atoms with Gasteiger partial charge in [0, 0.05) is 38.6 Å². The molecule has 0 bridgehead atoms. The van der Waals surface area contributed by atoms with E-state index >= 15 is 0 Å². The highest BCUT2D eigenvalue weighted by atomic mass is 16.2. The molecule has 0 spiro atoms. The van der Waals surface area contributed by atoms with Crippen LogP contribution < -0.4 is 0 Å². The van der Waals surface area contributed by atoms with E-state index in [1.54, 1.807) is 12.7 Å². The summed E-state index contributed by atoms with van der Waals surface area (Å²) in [4.78, 5) is 21.3. The maximum Gasteiger partial charge on any atom is 0.226 e. The van der Waals surface area contributed by atoms with Gasteiger partial charge in [0.15, 0.2) is 0 Å². The second kappa shape index (κ2) is 7.35. The van der Waals surface area contributed by atoms with Crippen molar-refractivity contribution in [2.24, 2.45) is 5.92 Å². The summed E-state index contributed by atoms with van der Waals surface area (Å²) >= 11 is 0. The van der Waals surface area contributed by atoms with Crippen LogP contribution in [0.25, 0.3) is 0 Å². The fraction of sp³-hybridized carbons (Fsp3) is 0.526. The van der Waals surface area contributed by atoms with E-state index in [9.17, 15) is 4.79 Å². The summed E-state index contributed by atoms with van der Waals surface area (Å²) in [6.07, 6.45) is 6.24. The lowest BCUT2D eigenvalue weighted by atomic mass is 9.83. The third-order valence-corrected chi connectivity index (χ3v) is 5.49. The Morgan fingerprint density at radius 3 is 2.64 bits per heavy atom. The van der Waals surface area contributed by atoms with Gasteiger partial charge in [-0.05, 0) is 30.4 Å². The Morgan fingerprint density at radius 2 is 1.88 bits per heavy atom. The molecule has 1 saturated heterocycles. The van der Waals surface area contributed by atoms with Crippen LogP contribution >= 0.6 is 0 Å². The van der Waals surface area contributed by atoms with Crippen molar-refractivity contribution in [1.29, 1.82) is 0 Å². The molecule has 0 saturated carbocycles. The summed E-state index contributed by atoms with van der Waals surface area (Å²) in [5, 5.41) is 4.14. The summed E-state index contributed by atoms with van der Waals surface area (Å²) in [7, 11) is 0. The molecule has 6 nitrogen and oxygen atoms in total. The van der Waals surface area contributed by atoms with Crippen LogP contribution in [0.15, 0.2) is 36.9 Å². The van der Waals surface area contributed by atoms with Gasteiger partial charge in [-0.2, -0.15) is 5.10 Å². The molecule has 25 heavy (non-hydrogen) atoms. The molecule has 2 aliphatic rings. The van der Waals surface area contributed by atoms with Crippen LogP contribution in [0.1, 0.15) is 17.5 Å². The second-order valence-electron chi connectivity index (χ2n) is 7.03. The number of carbonyl (C=O) groups is 1. The summed E-state index contributed by atoms with van der Waals surface area (Å²) < 4.78 is 1.86. The van der Waals surface area contributed by atoms with Crippen molar-refractivity contribution in [3.05, 3.63) is 48.0 Å². The first-order valence-corrected chi connectivity index (χ1v) is 9.20. The first-order chi connectivity index (χ1) is 12.3. The van der Waals surface area contributed by atoms with Crippen LogP contribution in [0.3, 0.4) is 0 Å². The second-order valence-corrected chi connectivity index (χ2v) is 7.03. The Labute approximate surface area is 148 Å². The summed E-state index contributed by atoms with van der Waals surface area (Å²) in [6, 6.07) is 8.56. The fourth-order valence-corrected chi connectivity index (χ4v) is 3.95. The number of amides is 1. The Morgan fingerprint density at radius 1 is 1.08 bits per heavy atom. The smallest absolute Gasteiger partial charge is 0.226 e. The molecule has 2 aromatic rings. The van der Waals surface area contributed by atoms with Crippen molar-refractivity contribution >= 4 is 5.91 Å². The number of nitrogens with zero attached hydrogens (tertiary/aromatic N) is 5. The molecule has 0 N–H and O–H groups in total. The van der Waals surface area contributed by atoms with Crippen LogP contribution in [0.4, 0.5) is 0 Å². The third-order valence-electron chi connectivity index (χ3n) is 5.49. The molecule has 1 unspecified atom stereocenters. The van der Waals surface area contributed by atoms with Gasteiger partial charge in [0.25, 0.3) is 0 Å². The molecule has 4 rings (SSSR count). The zero-order valence-corrected chi connectivity index (χ0v) is 14.5. The molecule has 1 atom stereocenters. The quantitative estimate of drug-likeness (QED) is 0.841. The molecule has 6 heteroatoms. The normalized spacial score (nSPS) is 21.1. The predicted molar refractivity (Wildman–Crippen MR) is 95.0 cm³/mol. The van der Waals surface area contributed by atoms with E-state index in [2.05, 4.69) is 44.1 Å². The molecule has 0 radical (unpaired) electrons. The van der Waals surface area contributed by atoms with Crippen molar-refractivity contribution in [3.63, 3.8) is 0 Å². The van der Waals surface area contributed by atoms with Gasteiger partial charge in [-0.1, -0.05) is 24.3 Å². The first-order valence-electron chi connectivity index (χ1n) is 9.20. The number of hydrogen-bond donors (Lipinski definition) is 0. The van der Waals surface area contributed by atoms with Gasteiger partial charge in [0.05, 0.1) is 6.54 Å². The van der Waals surface area contributed by atoms with Gasteiger partial charge in [0.2, 0.25) is 5.91 Å². The van der Waals surface area contributed by atoms with E-state index in [0.717, 1.165) is 58.5 Å². The van der Waals surface area contributed by atoms with Crippen LogP contribution in [-0.4, -0.2) is 63.2 Å². The summed E-state index contributed by atoms with van der Waals surface area (Å²) in [5.41, 5.74) is 2.78. The Balaban J connectivity index is 1.27. The minimum atomic E-state index is 0.164. The molecule has 1 aromatic heterocycles. The van der Waals surface area contributed by atoms with Crippen LogP contribution in [0.2, 0.25) is 0 Å². The zero-order chi connectivity index (χ0) is 17.1. The van der Waals surface area contributed by atoms with E-state index < -0.39 is 0 Å². The van der Waals surface area contributed by atoms with E-state index in [4.69, 9.17) is 0 Å². The standard InChI is InChI=1S/C19H25N5O/c25-19(18-6-5-16-3-1-2-4-17(16)13-18)23-10-7-22(8-11-23)9-12-24-15-20-14-21-24/h1-4,14-15,18H,5-13H2. The van der Waals surface area contributed by atoms with Crippen LogP contribution in [0, 0.1) is 5.92 Å². The Bertz CT molecular complexity index is 706. The number of benzene rings is 1. The SMILES string of the molecule is O=C(C1CCc2ccccc2C1)N1CCN(CCn2cncn2)CC1. The maximum atomic E-state index is 12.9. The number of aromatic nitrogens is 3. The lowest BCUT2D eigenvalue weighted by molar-refractivity contribution is -0.137. The number of aryl methyl sites for hydroxylation is 1. The van der Waals surface area contributed by atoms with Crippen molar-refractivity contribution in [3.8, 4) is 0 Å². The number of piperazine rings is 1. The summed E-state index contributed by atoms with van der Waals surface area (Å²) in [5.74, 6) is 0.516. The average Bonchev–Trinajstić information content (AvgIpc) is 3.19. The molecular formula is C19H25N5O. The molecule has 2 heterocycles. The zero-order valence-electron chi connectivity index (χ0n) is 14.5. The highest BCUT2D eigenvalue weighted by Gasteiger charge is 2.30. The third kappa shape index (κ3) is 3.74. The maximum absolute atomic E-state index is 12.9. The van der Waals surface area contributed by atoms with Crippen LogP contribution in [-0.2, 0) is 24.2 Å². The Hall–Kier alpha value is -2.21. The largest absolute Gasteiger partial charge is 0.340 e. The molecule has 1 aliphatic carbocycles. The van der Waals surface area contributed by atoms with E-state index in [-0.39, 0.29) is 5.92 Å². The molecule has 1 amide bonds. The van der Waals surface area contributed by atoms with E-state index in [1.807, 2.05) is 4.68 Å². The first kappa shape index (κ1) is 16.3. The van der Waals surface area contributed by atoms with Crippen molar-refractivity contribution in [2.45, 2.75) is 25.8 Å². The molecule has 1 fully saturated rings. The van der Waals surface area contributed by atoms with Gasteiger partial charge in [-0.3, -0.25) is 14.4 Å². The van der Waals surface area contributed by atoms with E-state index in [0.29, 0.717) is 5.91 Å². The number of fused-ring (bicyclic) bond motifs is 1. The van der Waals surface area contributed by atoms with Gasteiger partial charge in [-0.15, -0.1) is 0 Å². The van der Waals surface area contributed by atoms with Crippen molar-refractivity contribution in [1.82, 2.24) is 24.6 Å². The molecule has 1 aromatic carbocycles.